The normalized spacial score (nSPS) is 12.8. The van der Waals surface area contributed by atoms with Crippen molar-refractivity contribution in [3.8, 4) is 0 Å². The second-order valence-corrected chi connectivity index (χ2v) is 3.94. The molecule has 0 aliphatic heterocycles. The number of rotatable bonds is 4. The molecule has 19 heavy (non-hydrogen) atoms. The summed E-state index contributed by atoms with van der Waals surface area (Å²) in [6, 6.07) is 4.56. The number of nitrogens with one attached hydrogen (secondary N) is 1. The van der Waals surface area contributed by atoms with Crippen molar-refractivity contribution in [2.75, 3.05) is 5.32 Å². The Morgan fingerprint density at radius 3 is 2.37 bits per heavy atom. The van der Waals surface area contributed by atoms with Crippen LogP contribution in [-0.2, 0) is 6.18 Å². The van der Waals surface area contributed by atoms with Gasteiger partial charge in [0.05, 0.1) is 11.3 Å². The number of nitrogens with zero attached hydrogens (tertiary/aromatic N) is 1. The average molecular weight is 289 g/mol. The lowest BCUT2D eigenvalue weighted by Crippen LogP contribution is -2.07. The number of anilines is 1. The van der Waals surface area contributed by atoms with Gasteiger partial charge in [-0.3, -0.25) is 0 Å². The van der Waals surface area contributed by atoms with E-state index >= 15 is 0 Å². The fourth-order valence-corrected chi connectivity index (χ4v) is 1.29. The van der Waals surface area contributed by atoms with Gasteiger partial charge in [0.15, 0.2) is 5.17 Å². The van der Waals surface area contributed by atoms with Crippen LogP contribution in [0.25, 0.3) is 0 Å². The van der Waals surface area contributed by atoms with E-state index in [1.807, 2.05) is 0 Å². The SMILES string of the molecule is C=C(Nc1ccc(C(F)(F)F)cc1)C(Cl)=N/C=C\C. The fourth-order valence-electron chi connectivity index (χ4n) is 1.19. The first kappa shape index (κ1) is 15.3. The molecule has 102 valence electrons. The van der Waals surface area contributed by atoms with E-state index in [2.05, 4.69) is 16.9 Å². The third-order valence-electron chi connectivity index (χ3n) is 2.09. The molecule has 0 heterocycles. The minimum atomic E-state index is -4.35. The predicted molar refractivity (Wildman–Crippen MR) is 72.3 cm³/mol. The van der Waals surface area contributed by atoms with E-state index in [0.717, 1.165) is 12.1 Å². The molecule has 0 aliphatic rings. The third kappa shape index (κ3) is 4.79. The maximum Gasteiger partial charge on any atom is 0.416 e. The molecule has 1 aromatic carbocycles. The Balaban J connectivity index is 2.76. The molecule has 1 rings (SSSR count). The van der Waals surface area contributed by atoms with Crippen LogP contribution >= 0.6 is 11.6 Å². The molecular formula is C13H12ClF3N2. The number of hydrogen-bond acceptors (Lipinski definition) is 2. The number of aliphatic imine (C=N–C) groups is 1. The Hall–Kier alpha value is -1.75. The van der Waals surface area contributed by atoms with Gasteiger partial charge in [-0.2, -0.15) is 13.2 Å². The molecule has 0 radical (unpaired) electrons. The number of allylic oxidation sites excluding steroid dienone is 2. The van der Waals surface area contributed by atoms with E-state index in [1.165, 1.54) is 18.3 Å². The number of alkyl halides is 3. The summed E-state index contributed by atoms with van der Waals surface area (Å²) in [6.07, 6.45) is -1.17. The number of benzene rings is 1. The first-order valence-electron chi connectivity index (χ1n) is 5.32. The molecule has 0 amide bonds. The van der Waals surface area contributed by atoms with Gasteiger partial charge in [0.2, 0.25) is 0 Å². The molecule has 0 aromatic heterocycles. The Morgan fingerprint density at radius 1 is 1.32 bits per heavy atom. The maximum atomic E-state index is 12.4. The Kier molecular flexibility index (Phi) is 5.18. The largest absolute Gasteiger partial charge is 0.416 e. The van der Waals surface area contributed by atoms with Gasteiger partial charge in [0.25, 0.3) is 0 Å². The second kappa shape index (κ2) is 6.43. The van der Waals surface area contributed by atoms with E-state index in [4.69, 9.17) is 11.6 Å². The molecule has 0 bridgehead atoms. The van der Waals surface area contributed by atoms with Crippen LogP contribution < -0.4 is 5.32 Å². The van der Waals surface area contributed by atoms with Crippen molar-refractivity contribution in [2.45, 2.75) is 13.1 Å². The molecule has 0 fully saturated rings. The molecule has 1 aromatic rings. The number of hydrogen-bond donors (Lipinski definition) is 1. The molecule has 0 unspecified atom stereocenters. The van der Waals surface area contributed by atoms with E-state index < -0.39 is 11.7 Å². The molecule has 0 atom stereocenters. The van der Waals surface area contributed by atoms with Crippen LogP contribution in [0.5, 0.6) is 0 Å². The highest BCUT2D eigenvalue weighted by Crippen LogP contribution is 2.30. The van der Waals surface area contributed by atoms with Crippen LogP contribution in [0.4, 0.5) is 18.9 Å². The third-order valence-corrected chi connectivity index (χ3v) is 2.42. The summed E-state index contributed by atoms with van der Waals surface area (Å²) in [4.78, 5) is 3.86. The summed E-state index contributed by atoms with van der Waals surface area (Å²) in [5.41, 5.74) is 0.0451. The molecule has 1 N–H and O–H groups in total. The Labute approximate surface area is 114 Å². The molecule has 0 saturated heterocycles. The van der Waals surface area contributed by atoms with Gasteiger partial charge in [-0.1, -0.05) is 24.3 Å². The van der Waals surface area contributed by atoms with Gasteiger partial charge in [-0.25, -0.2) is 4.99 Å². The lowest BCUT2D eigenvalue weighted by atomic mass is 10.2. The summed E-state index contributed by atoms with van der Waals surface area (Å²) in [6.45, 7) is 5.42. The minimum Gasteiger partial charge on any atom is -0.354 e. The molecule has 0 aliphatic carbocycles. The summed E-state index contributed by atoms with van der Waals surface area (Å²) in [7, 11) is 0. The Morgan fingerprint density at radius 2 is 1.89 bits per heavy atom. The van der Waals surface area contributed by atoms with Gasteiger partial charge in [0, 0.05) is 11.9 Å². The molecule has 6 heteroatoms. The zero-order valence-corrected chi connectivity index (χ0v) is 10.9. The van der Waals surface area contributed by atoms with Gasteiger partial charge in [-0.05, 0) is 31.2 Å². The van der Waals surface area contributed by atoms with Crippen LogP contribution in [0.3, 0.4) is 0 Å². The smallest absolute Gasteiger partial charge is 0.354 e. The van der Waals surface area contributed by atoms with Crippen molar-refractivity contribution in [3.05, 3.63) is 54.4 Å². The minimum absolute atomic E-state index is 0.137. The van der Waals surface area contributed by atoms with Crippen LogP contribution in [-0.4, -0.2) is 5.17 Å². The molecule has 0 saturated carbocycles. The summed E-state index contributed by atoms with van der Waals surface area (Å²) < 4.78 is 37.1. The van der Waals surface area contributed by atoms with Crippen LogP contribution in [0, 0.1) is 0 Å². The topological polar surface area (TPSA) is 24.4 Å². The first-order valence-corrected chi connectivity index (χ1v) is 5.70. The molecular weight excluding hydrogens is 277 g/mol. The highest BCUT2D eigenvalue weighted by molar-refractivity contribution is 6.69. The van der Waals surface area contributed by atoms with Gasteiger partial charge < -0.3 is 5.32 Å². The highest BCUT2D eigenvalue weighted by Gasteiger charge is 2.29. The summed E-state index contributed by atoms with van der Waals surface area (Å²) in [5, 5.41) is 2.91. The van der Waals surface area contributed by atoms with Crippen LogP contribution in [0.15, 0.2) is 53.8 Å². The average Bonchev–Trinajstić information content (AvgIpc) is 2.35. The quantitative estimate of drug-likeness (QED) is 0.791. The fraction of sp³-hybridized carbons (Fsp3) is 0.154. The zero-order chi connectivity index (χ0) is 14.5. The summed E-state index contributed by atoms with van der Waals surface area (Å²) in [5.74, 6) is 0. The summed E-state index contributed by atoms with van der Waals surface area (Å²) >= 11 is 5.82. The lowest BCUT2D eigenvalue weighted by molar-refractivity contribution is -0.137. The first-order chi connectivity index (χ1) is 8.84. The molecule has 2 nitrogen and oxygen atoms in total. The van der Waals surface area contributed by atoms with Crippen molar-refractivity contribution in [1.29, 1.82) is 0 Å². The monoisotopic (exact) mass is 288 g/mol. The second-order valence-electron chi connectivity index (χ2n) is 3.58. The Bertz CT molecular complexity index is 502. The van der Waals surface area contributed by atoms with E-state index in [0.29, 0.717) is 11.4 Å². The number of halogens is 4. The lowest BCUT2D eigenvalue weighted by Gasteiger charge is -2.10. The van der Waals surface area contributed by atoms with Gasteiger partial charge >= 0.3 is 6.18 Å². The van der Waals surface area contributed by atoms with Crippen molar-refractivity contribution >= 4 is 22.5 Å². The standard InChI is InChI=1S/C13H12ClF3N2/c1-3-8-18-12(14)9(2)19-11-6-4-10(5-7-11)13(15,16)17/h3-8,19H,2H2,1H3/b8-3-,18-12?. The van der Waals surface area contributed by atoms with E-state index in [-0.39, 0.29) is 5.17 Å². The van der Waals surface area contributed by atoms with Crippen molar-refractivity contribution in [3.63, 3.8) is 0 Å². The van der Waals surface area contributed by atoms with Crippen LogP contribution in [0.2, 0.25) is 0 Å². The van der Waals surface area contributed by atoms with Crippen molar-refractivity contribution in [2.24, 2.45) is 4.99 Å². The van der Waals surface area contributed by atoms with Gasteiger partial charge in [0.1, 0.15) is 0 Å². The highest BCUT2D eigenvalue weighted by atomic mass is 35.5. The van der Waals surface area contributed by atoms with Crippen molar-refractivity contribution < 1.29 is 13.2 Å². The maximum absolute atomic E-state index is 12.4. The molecule has 0 spiro atoms. The zero-order valence-electron chi connectivity index (χ0n) is 10.1. The van der Waals surface area contributed by atoms with Crippen molar-refractivity contribution in [1.82, 2.24) is 0 Å². The van der Waals surface area contributed by atoms with E-state index in [9.17, 15) is 13.2 Å². The van der Waals surface area contributed by atoms with Crippen LogP contribution in [0.1, 0.15) is 12.5 Å². The van der Waals surface area contributed by atoms with E-state index in [1.54, 1.807) is 13.0 Å². The van der Waals surface area contributed by atoms with Gasteiger partial charge in [-0.15, -0.1) is 0 Å². The predicted octanol–water partition coefficient (Wildman–Crippen LogP) is 4.80.